The number of nitrogens with one attached hydrogen (secondary N) is 1. The van der Waals surface area contributed by atoms with E-state index in [9.17, 15) is 14.0 Å². The number of nitrogens with two attached hydrogens (primary N) is 1. The second-order valence-electron chi connectivity index (χ2n) is 7.12. The van der Waals surface area contributed by atoms with Gasteiger partial charge in [0.15, 0.2) is 0 Å². The number of piperidine rings is 1. The van der Waals surface area contributed by atoms with Gasteiger partial charge in [0.25, 0.3) is 5.91 Å². The SMILES string of the molecule is CCN1CCC(C(=O)N(Cc2ccc(C(=O)NN)cn2)c2cccc(F)c2)CC1. The van der Waals surface area contributed by atoms with Gasteiger partial charge in [-0.25, -0.2) is 10.2 Å². The third-order valence-corrected chi connectivity index (χ3v) is 5.31. The van der Waals surface area contributed by atoms with Crippen LogP contribution >= 0.6 is 0 Å². The Kier molecular flexibility index (Phi) is 6.90. The molecular formula is C21H26FN5O2. The summed E-state index contributed by atoms with van der Waals surface area (Å²) < 4.78 is 13.8. The molecule has 1 fully saturated rings. The van der Waals surface area contributed by atoms with Crippen LogP contribution in [0.15, 0.2) is 42.6 Å². The van der Waals surface area contributed by atoms with E-state index in [0.29, 0.717) is 16.9 Å². The third kappa shape index (κ3) is 5.16. The fourth-order valence-corrected chi connectivity index (χ4v) is 3.55. The molecular weight excluding hydrogens is 373 g/mol. The van der Waals surface area contributed by atoms with Crippen LogP contribution in [0.25, 0.3) is 0 Å². The first-order valence-corrected chi connectivity index (χ1v) is 9.77. The molecule has 0 atom stereocenters. The van der Waals surface area contributed by atoms with E-state index in [4.69, 9.17) is 5.84 Å². The monoisotopic (exact) mass is 399 g/mol. The van der Waals surface area contributed by atoms with Crippen LogP contribution < -0.4 is 16.2 Å². The van der Waals surface area contributed by atoms with Crippen molar-refractivity contribution in [1.29, 1.82) is 0 Å². The zero-order chi connectivity index (χ0) is 20.8. The average Bonchev–Trinajstić information content (AvgIpc) is 2.77. The second-order valence-corrected chi connectivity index (χ2v) is 7.12. The summed E-state index contributed by atoms with van der Waals surface area (Å²) in [7, 11) is 0. The number of aromatic nitrogens is 1. The zero-order valence-electron chi connectivity index (χ0n) is 16.5. The van der Waals surface area contributed by atoms with Gasteiger partial charge >= 0.3 is 0 Å². The molecule has 1 saturated heterocycles. The highest BCUT2D eigenvalue weighted by molar-refractivity contribution is 5.95. The minimum absolute atomic E-state index is 0.0306. The minimum Gasteiger partial charge on any atom is -0.306 e. The zero-order valence-corrected chi connectivity index (χ0v) is 16.5. The van der Waals surface area contributed by atoms with Gasteiger partial charge in [-0.1, -0.05) is 13.0 Å². The van der Waals surface area contributed by atoms with Gasteiger partial charge in [-0.05, 0) is 62.8 Å². The molecule has 0 bridgehead atoms. The third-order valence-electron chi connectivity index (χ3n) is 5.31. The van der Waals surface area contributed by atoms with Crippen molar-refractivity contribution < 1.29 is 14.0 Å². The summed E-state index contributed by atoms with van der Waals surface area (Å²) in [5.41, 5.74) is 3.48. The van der Waals surface area contributed by atoms with Crippen LogP contribution in [-0.4, -0.2) is 41.3 Å². The van der Waals surface area contributed by atoms with Gasteiger partial charge in [0.1, 0.15) is 5.82 Å². The molecule has 0 saturated carbocycles. The Morgan fingerprint density at radius 3 is 2.62 bits per heavy atom. The lowest BCUT2D eigenvalue weighted by Gasteiger charge is -2.33. The summed E-state index contributed by atoms with van der Waals surface area (Å²) in [6.45, 7) is 5.04. The molecule has 29 heavy (non-hydrogen) atoms. The first-order valence-electron chi connectivity index (χ1n) is 9.77. The summed E-state index contributed by atoms with van der Waals surface area (Å²) >= 11 is 0. The summed E-state index contributed by atoms with van der Waals surface area (Å²) in [5, 5.41) is 0. The molecule has 1 aromatic carbocycles. The highest BCUT2D eigenvalue weighted by Gasteiger charge is 2.29. The predicted octanol–water partition coefficient (Wildman–Crippen LogP) is 2.09. The van der Waals surface area contributed by atoms with Crippen LogP contribution in [0, 0.1) is 11.7 Å². The van der Waals surface area contributed by atoms with Crippen molar-refractivity contribution in [3.05, 3.63) is 59.7 Å². The van der Waals surface area contributed by atoms with E-state index in [-0.39, 0.29) is 18.4 Å². The molecule has 7 nitrogen and oxygen atoms in total. The molecule has 1 aliphatic heterocycles. The van der Waals surface area contributed by atoms with E-state index >= 15 is 0 Å². The van der Waals surface area contributed by atoms with E-state index in [2.05, 4.69) is 22.2 Å². The lowest BCUT2D eigenvalue weighted by atomic mass is 9.95. The average molecular weight is 399 g/mol. The first kappa shape index (κ1) is 20.9. The quantitative estimate of drug-likeness (QED) is 0.441. The summed E-state index contributed by atoms with van der Waals surface area (Å²) in [6, 6.07) is 9.28. The van der Waals surface area contributed by atoms with Crippen molar-refractivity contribution in [2.24, 2.45) is 11.8 Å². The number of hydrogen-bond acceptors (Lipinski definition) is 5. The number of carbonyl (C=O) groups excluding carboxylic acids is 2. The molecule has 0 aliphatic carbocycles. The van der Waals surface area contributed by atoms with Crippen LogP contribution in [0.4, 0.5) is 10.1 Å². The van der Waals surface area contributed by atoms with Gasteiger partial charge in [-0.3, -0.25) is 20.0 Å². The van der Waals surface area contributed by atoms with E-state index in [1.165, 1.54) is 18.3 Å². The van der Waals surface area contributed by atoms with Gasteiger partial charge in [0.05, 0.1) is 17.8 Å². The number of rotatable bonds is 6. The lowest BCUT2D eigenvalue weighted by molar-refractivity contribution is -0.124. The smallest absolute Gasteiger partial charge is 0.266 e. The highest BCUT2D eigenvalue weighted by atomic mass is 19.1. The molecule has 2 amide bonds. The maximum atomic E-state index is 13.8. The molecule has 0 radical (unpaired) electrons. The maximum Gasteiger partial charge on any atom is 0.266 e. The molecule has 1 aliphatic rings. The number of hydrazine groups is 1. The number of benzene rings is 1. The van der Waals surface area contributed by atoms with Gasteiger partial charge in [0.2, 0.25) is 5.91 Å². The topological polar surface area (TPSA) is 91.6 Å². The summed E-state index contributed by atoms with van der Waals surface area (Å²) in [4.78, 5) is 33.1. The number of hydrogen-bond donors (Lipinski definition) is 2. The second kappa shape index (κ2) is 9.58. The molecule has 3 rings (SSSR count). The Bertz CT molecular complexity index is 850. The number of amides is 2. The molecule has 2 aromatic rings. The van der Waals surface area contributed by atoms with Gasteiger partial charge in [-0.15, -0.1) is 0 Å². The first-order chi connectivity index (χ1) is 14.0. The van der Waals surface area contributed by atoms with E-state index in [1.807, 2.05) is 0 Å². The number of likely N-dealkylation sites (tertiary alicyclic amines) is 1. The molecule has 2 heterocycles. The molecule has 1 aromatic heterocycles. The molecule has 0 spiro atoms. The normalized spacial score (nSPS) is 15.1. The van der Waals surface area contributed by atoms with Crippen LogP contribution in [0.5, 0.6) is 0 Å². The minimum atomic E-state index is -0.440. The number of halogens is 1. The molecule has 3 N–H and O–H groups in total. The Balaban J connectivity index is 1.82. The van der Waals surface area contributed by atoms with E-state index < -0.39 is 11.7 Å². The van der Waals surface area contributed by atoms with Crippen molar-refractivity contribution in [2.45, 2.75) is 26.3 Å². The van der Waals surface area contributed by atoms with Gasteiger partial charge < -0.3 is 9.80 Å². The summed E-state index contributed by atoms with van der Waals surface area (Å²) in [5.74, 6) is 4.16. The van der Waals surface area contributed by atoms with E-state index in [0.717, 1.165) is 32.5 Å². The van der Waals surface area contributed by atoms with Gasteiger partial charge in [-0.2, -0.15) is 0 Å². The summed E-state index contributed by atoms with van der Waals surface area (Å²) in [6.07, 6.45) is 2.97. The Morgan fingerprint density at radius 1 is 1.28 bits per heavy atom. The number of nitrogens with zero attached hydrogens (tertiary/aromatic N) is 3. The molecule has 8 heteroatoms. The van der Waals surface area contributed by atoms with Crippen LogP contribution in [0.2, 0.25) is 0 Å². The number of pyridine rings is 1. The number of nitrogen functional groups attached to an aromatic ring is 1. The molecule has 0 unspecified atom stereocenters. The van der Waals surface area contributed by atoms with Crippen LogP contribution in [-0.2, 0) is 11.3 Å². The standard InChI is InChI=1S/C21H26FN5O2/c1-2-26-10-8-15(9-11-26)21(29)27(19-5-3-4-17(22)12-19)14-18-7-6-16(13-24-18)20(28)25-23/h3-7,12-13,15H,2,8-11,14,23H2,1H3,(H,25,28). The van der Waals surface area contributed by atoms with E-state index in [1.54, 1.807) is 29.2 Å². The predicted molar refractivity (Wildman–Crippen MR) is 108 cm³/mol. The highest BCUT2D eigenvalue weighted by Crippen LogP contribution is 2.25. The van der Waals surface area contributed by atoms with Crippen molar-refractivity contribution in [1.82, 2.24) is 15.3 Å². The van der Waals surface area contributed by atoms with Crippen LogP contribution in [0.3, 0.4) is 0 Å². The maximum absolute atomic E-state index is 13.8. The fraction of sp³-hybridized carbons (Fsp3) is 0.381. The molecule has 154 valence electrons. The largest absolute Gasteiger partial charge is 0.306 e. The van der Waals surface area contributed by atoms with Crippen molar-refractivity contribution in [3.63, 3.8) is 0 Å². The van der Waals surface area contributed by atoms with Crippen molar-refractivity contribution in [2.75, 3.05) is 24.5 Å². The Hall–Kier alpha value is -2.84. The Labute approximate surface area is 169 Å². The van der Waals surface area contributed by atoms with Crippen molar-refractivity contribution >= 4 is 17.5 Å². The fourth-order valence-electron chi connectivity index (χ4n) is 3.55. The number of anilines is 1. The Morgan fingerprint density at radius 2 is 2.03 bits per heavy atom. The van der Waals surface area contributed by atoms with Crippen LogP contribution in [0.1, 0.15) is 35.8 Å². The lowest BCUT2D eigenvalue weighted by Crippen LogP contribution is -2.42. The van der Waals surface area contributed by atoms with Gasteiger partial charge in [0, 0.05) is 17.8 Å². The van der Waals surface area contributed by atoms with Crippen molar-refractivity contribution in [3.8, 4) is 0 Å². The number of carbonyl (C=O) groups is 2.